The topological polar surface area (TPSA) is 68.1 Å². The molecule has 1 heterocycles. The predicted molar refractivity (Wildman–Crippen MR) is 62.8 cm³/mol. The first-order valence-corrected chi connectivity index (χ1v) is 6.14. The van der Waals surface area contributed by atoms with Gasteiger partial charge >= 0.3 is 6.01 Å². The van der Waals surface area contributed by atoms with E-state index in [4.69, 9.17) is 9.84 Å². The van der Waals surface area contributed by atoms with Crippen LogP contribution in [0.1, 0.15) is 37.1 Å². The van der Waals surface area contributed by atoms with Gasteiger partial charge in [0.1, 0.15) is 6.10 Å². The lowest BCUT2D eigenvalue weighted by Gasteiger charge is -2.26. The van der Waals surface area contributed by atoms with Crippen molar-refractivity contribution >= 4 is 0 Å². The molecule has 1 aliphatic rings. The Hall–Kier alpha value is -1.23. The quantitative estimate of drug-likeness (QED) is 0.861. The van der Waals surface area contributed by atoms with Gasteiger partial charge in [-0.1, -0.05) is 5.10 Å². The summed E-state index contributed by atoms with van der Waals surface area (Å²) in [6.07, 6.45) is 4.11. The molecule has 1 aromatic heterocycles. The largest absolute Gasteiger partial charge is 0.459 e. The minimum Gasteiger partial charge on any atom is -0.459 e. The Morgan fingerprint density at radius 3 is 2.41 bits per heavy atom. The average Bonchev–Trinajstić information content (AvgIpc) is 2.35. The SMILES string of the molecule is Cc1nnc(OC2CCC(CO)CC2)nc1C. The molecule has 2 rings (SSSR count). The van der Waals surface area contributed by atoms with Gasteiger partial charge in [-0.2, -0.15) is 4.98 Å². The molecule has 0 aromatic carbocycles. The molecule has 17 heavy (non-hydrogen) atoms. The standard InChI is InChI=1S/C12H19N3O2/c1-8-9(2)14-15-12(13-8)17-11-5-3-10(7-16)4-6-11/h10-11,16H,3-7H2,1-2H3. The van der Waals surface area contributed by atoms with E-state index in [-0.39, 0.29) is 12.7 Å². The van der Waals surface area contributed by atoms with Crippen molar-refractivity contribution in [3.8, 4) is 6.01 Å². The van der Waals surface area contributed by atoms with Crippen molar-refractivity contribution < 1.29 is 9.84 Å². The van der Waals surface area contributed by atoms with Gasteiger partial charge in [0.15, 0.2) is 0 Å². The van der Waals surface area contributed by atoms with Gasteiger partial charge in [-0.25, -0.2) is 0 Å². The van der Waals surface area contributed by atoms with Gasteiger partial charge in [0.25, 0.3) is 0 Å². The number of aryl methyl sites for hydroxylation is 2. The van der Waals surface area contributed by atoms with Gasteiger partial charge in [-0.15, -0.1) is 5.10 Å². The summed E-state index contributed by atoms with van der Waals surface area (Å²) >= 11 is 0. The third-order valence-corrected chi connectivity index (χ3v) is 3.40. The Kier molecular flexibility index (Phi) is 3.89. The van der Waals surface area contributed by atoms with Crippen molar-refractivity contribution in [1.29, 1.82) is 0 Å². The van der Waals surface area contributed by atoms with Crippen molar-refractivity contribution in [1.82, 2.24) is 15.2 Å². The molecule has 0 amide bonds. The van der Waals surface area contributed by atoms with Crippen LogP contribution in [0.5, 0.6) is 6.01 Å². The van der Waals surface area contributed by atoms with Gasteiger partial charge in [0.2, 0.25) is 0 Å². The van der Waals surface area contributed by atoms with Crippen LogP contribution in [0, 0.1) is 19.8 Å². The first-order valence-electron chi connectivity index (χ1n) is 6.14. The molecule has 5 nitrogen and oxygen atoms in total. The van der Waals surface area contributed by atoms with Crippen molar-refractivity contribution in [2.24, 2.45) is 5.92 Å². The van der Waals surface area contributed by atoms with Crippen LogP contribution in [0.25, 0.3) is 0 Å². The Morgan fingerprint density at radius 1 is 1.12 bits per heavy atom. The van der Waals surface area contributed by atoms with Crippen molar-refractivity contribution in [3.05, 3.63) is 11.4 Å². The van der Waals surface area contributed by atoms with Crippen LogP contribution >= 0.6 is 0 Å². The molecule has 0 atom stereocenters. The Labute approximate surface area is 101 Å². The number of rotatable bonds is 3. The van der Waals surface area contributed by atoms with Crippen LogP contribution in [0.15, 0.2) is 0 Å². The summed E-state index contributed by atoms with van der Waals surface area (Å²) in [7, 11) is 0. The first kappa shape index (κ1) is 12.2. The molecule has 5 heteroatoms. The van der Waals surface area contributed by atoms with Gasteiger partial charge < -0.3 is 9.84 Å². The minimum absolute atomic E-state index is 0.168. The van der Waals surface area contributed by atoms with Crippen LogP contribution in [-0.2, 0) is 0 Å². The second kappa shape index (κ2) is 5.40. The van der Waals surface area contributed by atoms with Crippen LogP contribution in [0.2, 0.25) is 0 Å². The number of aliphatic hydroxyl groups is 1. The van der Waals surface area contributed by atoms with E-state index < -0.39 is 0 Å². The summed E-state index contributed by atoms with van der Waals surface area (Å²) in [4.78, 5) is 4.26. The predicted octanol–water partition coefficient (Wildman–Crippen LogP) is 1.42. The van der Waals surface area contributed by atoms with Crippen molar-refractivity contribution in [3.63, 3.8) is 0 Å². The lowest BCUT2D eigenvalue weighted by atomic mass is 9.88. The molecule has 94 valence electrons. The van der Waals surface area contributed by atoms with E-state index >= 15 is 0 Å². The van der Waals surface area contributed by atoms with Crippen LogP contribution in [0.4, 0.5) is 0 Å². The normalized spacial score (nSPS) is 24.6. The second-order valence-corrected chi connectivity index (χ2v) is 4.71. The van der Waals surface area contributed by atoms with Crippen LogP contribution in [0.3, 0.4) is 0 Å². The van der Waals surface area contributed by atoms with E-state index in [1.807, 2.05) is 13.8 Å². The maximum absolute atomic E-state index is 9.06. The molecule has 1 saturated carbocycles. The molecule has 1 N–H and O–H groups in total. The molecule has 1 aromatic rings. The summed E-state index contributed by atoms with van der Waals surface area (Å²) < 4.78 is 5.72. The molecular weight excluding hydrogens is 218 g/mol. The first-order chi connectivity index (χ1) is 8.19. The molecule has 1 aliphatic carbocycles. The Balaban J connectivity index is 1.91. The maximum atomic E-state index is 9.06. The highest BCUT2D eigenvalue weighted by atomic mass is 16.5. The number of nitrogens with zero attached hydrogens (tertiary/aromatic N) is 3. The summed E-state index contributed by atoms with van der Waals surface area (Å²) in [5, 5.41) is 17.0. The number of aliphatic hydroxyl groups excluding tert-OH is 1. The highest BCUT2D eigenvalue weighted by Gasteiger charge is 2.22. The van der Waals surface area contributed by atoms with Crippen LogP contribution < -0.4 is 4.74 Å². The third-order valence-electron chi connectivity index (χ3n) is 3.40. The minimum atomic E-state index is 0.168. The molecule has 0 saturated heterocycles. The fourth-order valence-electron chi connectivity index (χ4n) is 2.07. The third kappa shape index (κ3) is 3.12. The number of hydrogen-bond donors (Lipinski definition) is 1. The molecular formula is C12H19N3O2. The number of ether oxygens (including phenoxy) is 1. The van der Waals surface area contributed by atoms with E-state index in [2.05, 4.69) is 15.2 Å². The van der Waals surface area contributed by atoms with Crippen molar-refractivity contribution in [2.75, 3.05) is 6.61 Å². The van der Waals surface area contributed by atoms with E-state index in [0.29, 0.717) is 11.9 Å². The van der Waals surface area contributed by atoms with Gasteiger partial charge in [-0.3, -0.25) is 0 Å². The monoisotopic (exact) mass is 237 g/mol. The van der Waals surface area contributed by atoms with Crippen molar-refractivity contribution in [2.45, 2.75) is 45.6 Å². The average molecular weight is 237 g/mol. The summed E-state index contributed by atoms with van der Waals surface area (Å²) in [6, 6.07) is 0.376. The van der Waals surface area contributed by atoms with E-state index in [9.17, 15) is 0 Å². The zero-order valence-corrected chi connectivity index (χ0v) is 10.4. The van der Waals surface area contributed by atoms with Gasteiger partial charge in [-0.05, 0) is 45.4 Å². The van der Waals surface area contributed by atoms with Crippen LogP contribution in [-0.4, -0.2) is 33.0 Å². The van der Waals surface area contributed by atoms with E-state index in [0.717, 1.165) is 37.1 Å². The summed E-state index contributed by atoms with van der Waals surface area (Å²) in [5.74, 6) is 0.439. The highest BCUT2D eigenvalue weighted by molar-refractivity contribution is 5.07. The lowest BCUT2D eigenvalue weighted by Crippen LogP contribution is -2.26. The number of hydrogen-bond acceptors (Lipinski definition) is 5. The molecule has 0 radical (unpaired) electrons. The van der Waals surface area contributed by atoms with E-state index in [1.165, 1.54) is 0 Å². The second-order valence-electron chi connectivity index (χ2n) is 4.71. The fourth-order valence-corrected chi connectivity index (χ4v) is 2.07. The summed E-state index contributed by atoms with van der Waals surface area (Å²) in [6.45, 7) is 4.07. The lowest BCUT2D eigenvalue weighted by molar-refractivity contribution is 0.0954. The molecule has 0 bridgehead atoms. The molecule has 1 fully saturated rings. The molecule has 0 aliphatic heterocycles. The fraction of sp³-hybridized carbons (Fsp3) is 0.750. The molecule has 0 spiro atoms. The van der Waals surface area contributed by atoms with Gasteiger partial charge in [0, 0.05) is 6.61 Å². The van der Waals surface area contributed by atoms with E-state index in [1.54, 1.807) is 0 Å². The highest BCUT2D eigenvalue weighted by Crippen LogP contribution is 2.26. The maximum Gasteiger partial charge on any atom is 0.336 e. The Bertz CT molecular complexity index is 376. The van der Waals surface area contributed by atoms with Gasteiger partial charge in [0.05, 0.1) is 11.4 Å². The number of aromatic nitrogens is 3. The smallest absolute Gasteiger partial charge is 0.336 e. The summed E-state index contributed by atoms with van der Waals surface area (Å²) in [5.41, 5.74) is 1.69. The zero-order chi connectivity index (χ0) is 12.3. The zero-order valence-electron chi connectivity index (χ0n) is 10.4. The Morgan fingerprint density at radius 2 is 1.82 bits per heavy atom. The molecule has 0 unspecified atom stereocenters.